The molecule has 56 heavy (non-hydrogen) atoms. The molecule has 4 aliphatic carbocycles. The molecule has 0 aliphatic heterocycles. The molecule has 4 atom stereocenters. The number of hydrogen-bond acceptors (Lipinski definition) is 0. The molecule has 4 aliphatic rings. The third-order valence-electron chi connectivity index (χ3n) is 14.8. The van der Waals surface area contributed by atoms with Crippen LogP contribution in [-0.4, -0.2) is 11.0 Å². The fourth-order valence-electron chi connectivity index (χ4n) is 9.83. The van der Waals surface area contributed by atoms with E-state index in [9.17, 15) is 0 Å². The number of allylic oxidation sites excluding steroid dienone is 16. The molecule has 0 saturated carbocycles. The molecule has 6 heteroatoms. The molecule has 2 aromatic rings. The second-order valence-electron chi connectivity index (χ2n) is 17.0. The van der Waals surface area contributed by atoms with E-state index in [1.54, 1.807) is 77.3 Å². The fraction of sp³-hybridized carbons (Fsp3) is 0.440. The first kappa shape index (κ1) is 49.5. The first-order valence-corrected chi connectivity index (χ1v) is 42.4. The van der Waals surface area contributed by atoms with Crippen molar-refractivity contribution in [2.45, 2.75) is 124 Å². The molecule has 4 unspecified atom stereocenters. The van der Waals surface area contributed by atoms with Gasteiger partial charge in [0.05, 0.1) is 0 Å². The van der Waals surface area contributed by atoms with Gasteiger partial charge in [-0.05, 0) is 0 Å². The third kappa shape index (κ3) is 8.93. The first-order chi connectivity index (χ1) is 25.4. The van der Waals surface area contributed by atoms with E-state index < -0.39 is 51.1 Å². The van der Waals surface area contributed by atoms with E-state index >= 15 is 0 Å². The van der Waals surface area contributed by atoms with Crippen molar-refractivity contribution in [3.05, 3.63) is 141 Å². The predicted octanol–water partition coefficient (Wildman–Crippen LogP) is 14.2. The largest absolute Gasteiger partial charge is 0.147 e. The fourth-order valence-corrected chi connectivity index (χ4v) is 73.4. The van der Waals surface area contributed by atoms with Crippen LogP contribution in [0.15, 0.2) is 141 Å². The Morgan fingerprint density at radius 2 is 0.536 bits per heavy atom. The molecular weight excluding hydrogens is 1080 g/mol. The van der Waals surface area contributed by atoms with Gasteiger partial charge in [0.2, 0.25) is 0 Å². The van der Waals surface area contributed by atoms with E-state index in [0.29, 0.717) is 23.7 Å². The van der Waals surface area contributed by atoms with Crippen LogP contribution in [0.1, 0.15) is 111 Å². The summed E-state index contributed by atoms with van der Waals surface area (Å²) in [6.45, 7) is 43.8. The molecular formula is C50H70Cl2Hf2Si2. The number of benzene rings is 2. The average molecular weight is 1160 g/mol. The van der Waals surface area contributed by atoms with E-state index in [0.717, 1.165) is 0 Å². The van der Waals surface area contributed by atoms with E-state index in [2.05, 4.69) is 185 Å². The SMILES string of the molecule is CC1=C(C)C(C)[C]([Hf]([C]2=C(C)C(C)=C(C)C2C)=[Si](C)c2ccccc2)=C1C.CC1=C(C)C(C)[C]([Hf]([C]2=C(C)C(C)=C(C)C2C)=[Si](C)c2ccccc2)=C1C.Cl.Cl. The Labute approximate surface area is 371 Å². The average Bonchev–Trinajstić information content (AvgIpc) is 3.66. The summed E-state index contributed by atoms with van der Waals surface area (Å²) < 4.78 is 7.66. The Bertz CT molecular complexity index is 1970. The Morgan fingerprint density at radius 3 is 0.696 bits per heavy atom. The molecule has 0 nitrogen and oxygen atoms in total. The van der Waals surface area contributed by atoms with Crippen LogP contribution in [0.25, 0.3) is 0 Å². The Hall–Kier alpha value is -0.886. The monoisotopic (exact) mass is 1160 g/mol. The van der Waals surface area contributed by atoms with Crippen molar-refractivity contribution >= 4 is 46.2 Å². The molecule has 0 N–H and O–H groups in total. The summed E-state index contributed by atoms with van der Waals surface area (Å²) in [5, 5.41) is 3.29. The van der Waals surface area contributed by atoms with Gasteiger partial charge in [0.15, 0.2) is 0 Å². The van der Waals surface area contributed by atoms with E-state index in [-0.39, 0.29) is 24.8 Å². The Morgan fingerprint density at radius 1 is 0.339 bits per heavy atom. The van der Waals surface area contributed by atoms with Gasteiger partial charge in [0.1, 0.15) is 0 Å². The van der Waals surface area contributed by atoms with Crippen molar-refractivity contribution in [2.75, 3.05) is 0 Å². The minimum Gasteiger partial charge on any atom is -0.147 e. The van der Waals surface area contributed by atoms with Crippen LogP contribution in [0.4, 0.5) is 0 Å². The summed E-state index contributed by atoms with van der Waals surface area (Å²) in [5.41, 5.74) is 18.3. The van der Waals surface area contributed by atoms with Crippen LogP contribution < -0.4 is 10.4 Å². The molecule has 0 radical (unpaired) electrons. The second kappa shape index (κ2) is 20.1. The summed E-state index contributed by atoms with van der Waals surface area (Å²) in [5.74, 6) is 2.63. The topological polar surface area (TPSA) is 0 Å². The molecule has 6 rings (SSSR count). The van der Waals surface area contributed by atoms with Gasteiger partial charge in [-0.25, -0.2) is 0 Å². The molecule has 0 amide bonds. The molecule has 0 heterocycles. The normalized spacial score (nSPS) is 22.3. The quantitative estimate of drug-likeness (QED) is 0.253. The van der Waals surface area contributed by atoms with Crippen molar-refractivity contribution in [3.8, 4) is 0 Å². The second-order valence-corrected chi connectivity index (χ2v) is 58.1. The minimum atomic E-state index is -2.25. The maximum Gasteiger partial charge on any atom is -0.147 e. The van der Waals surface area contributed by atoms with Crippen molar-refractivity contribution in [2.24, 2.45) is 23.7 Å². The summed E-state index contributed by atoms with van der Waals surface area (Å²) in [4.78, 5) is 0. The maximum absolute atomic E-state index is 2.63. The number of hydrogen-bond donors (Lipinski definition) is 0. The van der Waals surface area contributed by atoms with Crippen molar-refractivity contribution in [3.63, 3.8) is 0 Å². The minimum absolute atomic E-state index is 0. The smallest absolute Gasteiger partial charge is 0.147 e. The van der Waals surface area contributed by atoms with Crippen LogP contribution in [0.3, 0.4) is 0 Å². The predicted molar refractivity (Wildman–Crippen MR) is 251 cm³/mol. The van der Waals surface area contributed by atoms with Gasteiger partial charge >= 0.3 is 350 Å². The molecule has 0 bridgehead atoms. The first-order valence-electron chi connectivity index (χ1n) is 20.4. The van der Waals surface area contributed by atoms with Crippen molar-refractivity contribution in [1.82, 2.24) is 0 Å². The van der Waals surface area contributed by atoms with Crippen molar-refractivity contribution in [1.29, 1.82) is 0 Å². The maximum atomic E-state index is 2.63. The van der Waals surface area contributed by atoms with E-state index in [4.69, 9.17) is 0 Å². The summed E-state index contributed by atoms with van der Waals surface area (Å²) in [6, 6.07) is 22.9. The molecule has 0 aromatic heterocycles. The summed E-state index contributed by atoms with van der Waals surface area (Å²) in [6.07, 6.45) is 0. The number of halogens is 2. The van der Waals surface area contributed by atoms with E-state index in [1.807, 2.05) is 13.3 Å². The molecule has 0 fully saturated rings. The summed E-state index contributed by atoms with van der Waals surface area (Å²) >= 11 is -4.50. The van der Waals surface area contributed by atoms with Crippen LogP contribution in [0.5, 0.6) is 0 Å². The van der Waals surface area contributed by atoms with Gasteiger partial charge in [-0.1, -0.05) is 0 Å². The number of rotatable bonds is 6. The van der Waals surface area contributed by atoms with Gasteiger partial charge in [0.25, 0.3) is 0 Å². The van der Waals surface area contributed by atoms with Gasteiger partial charge in [-0.2, -0.15) is 0 Å². The molecule has 300 valence electrons. The van der Waals surface area contributed by atoms with Crippen LogP contribution in [0.2, 0.25) is 13.1 Å². The standard InChI is InChI=1S/4C9H13.2C7H8Si.2ClH.2Hf/c4*1-6-5-7(2)9(4)8(6)3;2*1-8-7-5-3-2-4-6-7;;;;/h4*6H,1-4H3;2*2-6H,1H3;2*1H;;. The third-order valence-corrected chi connectivity index (χ3v) is 69.3. The zero-order valence-corrected chi connectivity index (χ0v) is 48.7. The van der Waals surface area contributed by atoms with Gasteiger partial charge in [-0.3, -0.25) is 0 Å². The molecule has 0 spiro atoms. The zero-order chi connectivity index (χ0) is 40.1. The van der Waals surface area contributed by atoms with Gasteiger partial charge < -0.3 is 0 Å². The summed E-state index contributed by atoms with van der Waals surface area (Å²) in [7, 11) is 0. The van der Waals surface area contributed by atoms with Crippen LogP contribution in [0, 0.1) is 23.7 Å². The van der Waals surface area contributed by atoms with E-state index in [1.165, 1.54) is 0 Å². The van der Waals surface area contributed by atoms with Gasteiger partial charge in [0, 0.05) is 0 Å². The van der Waals surface area contributed by atoms with Crippen LogP contribution >= 0.6 is 24.8 Å². The van der Waals surface area contributed by atoms with Crippen molar-refractivity contribution < 1.29 is 40.1 Å². The van der Waals surface area contributed by atoms with Crippen LogP contribution in [-0.2, 0) is 40.1 Å². The Balaban J connectivity index is 0.000000290. The molecule has 2 aromatic carbocycles. The molecule has 0 saturated heterocycles. The van der Waals surface area contributed by atoms with Gasteiger partial charge in [-0.15, -0.1) is 24.8 Å². The Kier molecular flexibility index (Phi) is 17.8. The zero-order valence-electron chi connectivity index (χ0n) is 37.9.